The molecular formula is C23H24ClN3O4. The average molecular weight is 442 g/mol. The molecule has 3 rings (SSSR count). The van der Waals surface area contributed by atoms with Gasteiger partial charge >= 0.3 is 0 Å². The first-order valence-corrected chi connectivity index (χ1v) is 10.3. The molecule has 0 radical (unpaired) electrons. The van der Waals surface area contributed by atoms with E-state index in [0.29, 0.717) is 22.0 Å². The van der Waals surface area contributed by atoms with Gasteiger partial charge in [0.15, 0.2) is 0 Å². The largest absolute Gasteiger partial charge is 0.377 e. The third kappa shape index (κ3) is 5.51. The highest BCUT2D eigenvalue weighted by Crippen LogP contribution is 2.31. The van der Waals surface area contributed by atoms with Crippen LogP contribution in [0.1, 0.15) is 26.3 Å². The maximum Gasteiger partial charge on any atom is 0.278 e. The van der Waals surface area contributed by atoms with Gasteiger partial charge in [-0.05, 0) is 55.8 Å². The van der Waals surface area contributed by atoms with E-state index in [0.717, 1.165) is 0 Å². The SMILES string of the molecule is CC(=O)Nc1ccc(NC2=C(c3ccc(Cl)cc3)C(=O)N(CCOC(C)C)C2=O)cc1. The maximum atomic E-state index is 13.1. The number of amides is 3. The van der Waals surface area contributed by atoms with Crippen molar-refractivity contribution in [2.45, 2.75) is 26.9 Å². The minimum Gasteiger partial charge on any atom is -0.377 e. The molecule has 2 aromatic carbocycles. The van der Waals surface area contributed by atoms with Gasteiger partial charge in [-0.2, -0.15) is 0 Å². The van der Waals surface area contributed by atoms with E-state index in [1.165, 1.54) is 11.8 Å². The first-order valence-electron chi connectivity index (χ1n) is 9.89. The van der Waals surface area contributed by atoms with Crippen molar-refractivity contribution < 1.29 is 19.1 Å². The van der Waals surface area contributed by atoms with Crippen LogP contribution in [0.25, 0.3) is 5.57 Å². The predicted molar refractivity (Wildman–Crippen MR) is 121 cm³/mol. The number of ether oxygens (including phenoxy) is 1. The second-order valence-corrected chi connectivity index (χ2v) is 7.76. The van der Waals surface area contributed by atoms with E-state index >= 15 is 0 Å². The van der Waals surface area contributed by atoms with Crippen LogP contribution < -0.4 is 10.6 Å². The fraction of sp³-hybridized carbons (Fsp3) is 0.261. The molecule has 0 saturated carbocycles. The summed E-state index contributed by atoms with van der Waals surface area (Å²) in [5.74, 6) is -0.991. The van der Waals surface area contributed by atoms with E-state index in [9.17, 15) is 14.4 Å². The van der Waals surface area contributed by atoms with Gasteiger partial charge in [0, 0.05) is 23.3 Å². The Morgan fingerprint density at radius 2 is 1.61 bits per heavy atom. The van der Waals surface area contributed by atoms with Crippen molar-refractivity contribution in [1.82, 2.24) is 4.90 Å². The van der Waals surface area contributed by atoms with E-state index in [1.807, 2.05) is 13.8 Å². The number of nitrogens with one attached hydrogen (secondary N) is 2. The van der Waals surface area contributed by atoms with Crippen LogP contribution in [0.3, 0.4) is 0 Å². The number of carbonyl (C=O) groups is 3. The van der Waals surface area contributed by atoms with Crippen LogP contribution in [0.4, 0.5) is 11.4 Å². The Morgan fingerprint density at radius 3 is 2.19 bits per heavy atom. The van der Waals surface area contributed by atoms with Gasteiger partial charge in [-0.25, -0.2) is 0 Å². The Labute approximate surface area is 186 Å². The van der Waals surface area contributed by atoms with Crippen LogP contribution in [-0.4, -0.2) is 41.9 Å². The maximum absolute atomic E-state index is 13.1. The van der Waals surface area contributed by atoms with Crippen LogP contribution in [0.15, 0.2) is 54.2 Å². The second-order valence-electron chi connectivity index (χ2n) is 7.32. The molecule has 8 heteroatoms. The summed E-state index contributed by atoms with van der Waals surface area (Å²) in [4.78, 5) is 38.6. The normalized spacial score (nSPS) is 13.9. The highest BCUT2D eigenvalue weighted by molar-refractivity contribution is 6.36. The summed E-state index contributed by atoms with van der Waals surface area (Å²) < 4.78 is 5.52. The van der Waals surface area contributed by atoms with Crippen molar-refractivity contribution in [3.05, 3.63) is 64.8 Å². The molecule has 0 bridgehead atoms. The van der Waals surface area contributed by atoms with Gasteiger partial charge in [-0.3, -0.25) is 19.3 Å². The lowest BCUT2D eigenvalue weighted by Crippen LogP contribution is -2.35. The molecule has 0 aliphatic carbocycles. The zero-order valence-corrected chi connectivity index (χ0v) is 18.3. The van der Waals surface area contributed by atoms with Gasteiger partial charge in [0.05, 0.1) is 24.8 Å². The smallest absolute Gasteiger partial charge is 0.278 e. The highest BCUT2D eigenvalue weighted by atomic mass is 35.5. The molecule has 0 unspecified atom stereocenters. The fourth-order valence-electron chi connectivity index (χ4n) is 3.14. The number of imide groups is 1. The van der Waals surface area contributed by atoms with Crippen molar-refractivity contribution in [2.24, 2.45) is 0 Å². The minimum absolute atomic E-state index is 0.00350. The first-order chi connectivity index (χ1) is 14.8. The first kappa shape index (κ1) is 22.5. The quantitative estimate of drug-likeness (QED) is 0.606. The predicted octanol–water partition coefficient (Wildman–Crippen LogP) is 3.92. The summed E-state index contributed by atoms with van der Waals surface area (Å²) >= 11 is 5.99. The lowest BCUT2D eigenvalue weighted by atomic mass is 10.0. The molecule has 0 spiro atoms. The van der Waals surface area contributed by atoms with Gasteiger partial charge in [-0.1, -0.05) is 23.7 Å². The highest BCUT2D eigenvalue weighted by Gasteiger charge is 2.39. The third-order valence-corrected chi connectivity index (χ3v) is 4.79. The number of anilines is 2. The Balaban J connectivity index is 1.91. The number of halogens is 1. The minimum atomic E-state index is -0.423. The van der Waals surface area contributed by atoms with Crippen LogP contribution in [0.5, 0.6) is 0 Å². The van der Waals surface area contributed by atoms with E-state index in [1.54, 1.807) is 48.5 Å². The Hall–Kier alpha value is -3.16. The van der Waals surface area contributed by atoms with E-state index in [-0.39, 0.29) is 36.4 Å². The molecule has 1 aliphatic rings. The van der Waals surface area contributed by atoms with Crippen LogP contribution in [-0.2, 0) is 19.1 Å². The van der Waals surface area contributed by atoms with Crippen LogP contribution in [0.2, 0.25) is 5.02 Å². The number of benzene rings is 2. The monoisotopic (exact) mass is 441 g/mol. The van der Waals surface area contributed by atoms with Crippen molar-refractivity contribution in [2.75, 3.05) is 23.8 Å². The molecule has 1 heterocycles. The van der Waals surface area contributed by atoms with Crippen molar-refractivity contribution in [3.8, 4) is 0 Å². The zero-order valence-electron chi connectivity index (χ0n) is 17.6. The molecule has 3 amide bonds. The molecule has 0 aromatic heterocycles. The molecule has 31 heavy (non-hydrogen) atoms. The van der Waals surface area contributed by atoms with Crippen molar-refractivity contribution >= 4 is 46.3 Å². The lowest BCUT2D eigenvalue weighted by molar-refractivity contribution is -0.138. The average Bonchev–Trinajstić information content (AvgIpc) is 2.94. The molecule has 162 valence electrons. The summed E-state index contributed by atoms with van der Waals surface area (Å²) in [6, 6.07) is 13.6. The summed E-state index contributed by atoms with van der Waals surface area (Å²) in [7, 11) is 0. The Kier molecular flexibility index (Phi) is 7.09. The Bertz CT molecular complexity index is 1010. The van der Waals surface area contributed by atoms with E-state index < -0.39 is 11.8 Å². The summed E-state index contributed by atoms with van der Waals surface area (Å²) in [5, 5.41) is 6.29. The number of hydrogen-bond acceptors (Lipinski definition) is 5. The molecule has 1 aliphatic heterocycles. The fourth-order valence-corrected chi connectivity index (χ4v) is 3.27. The zero-order chi connectivity index (χ0) is 22.5. The number of rotatable bonds is 8. The molecule has 7 nitrogen and oxygen atoms in total. The summed E-state index contributed by atoms with van der Waals surface area (Å²) in [6.07, 6.45) is -0.00350. The third-order valence-electron chi connectivity index (χ3n) is 4.54. The van der Waals surface area contributed by atoms with Crippen LogP contribution >= 0.6 is 11.6 Å². The number of carbonyl (C=O) groups excluding carboxylic acids is 3. The van der Waals surface area contributed by atoms with Gasteiger partial charge < -0.3 is 15.4 Å². The van der Waals surface area contributed by atoms with Crippen molar-refractivity contribution in [1.29, 1.82) is 0 Å². The molecule has 0 fully saturated rings. The summed E-state index contributed by atoms with van der Waals surface area (Å²) in [5.41, 5.74) is 2.29. The lowest BCUT2D eigenvalue weighted by Gasteiger charge is -2.16. The van der Waals surface area contributed by atoms with Crippen molar-refractivity contribution in [3.63, 3.8) is 0 Å². The van der Waals surface area contributed by atoms with Gasteiger partial charge in [0.1, 0.15) is 5.70 Å². The molecule has 2 N–H and O–H groups in total. The van der Waals surface area contributed by atoms with Gasteiger partial charge in [-0.15, -0.1) is 0 Å². The van der Waals surface area contributed by atoms with Crippen LogP contribution in [0, 0.1) is 0 Å². The van der Waals surface area contributed by atoms with E-state index in [2.05, 4.69) is 10.6 Å². The molecule has 2 aromatic rings. The Morgan fingerprint density at radius 1 is 1.00 bits per heavy atom. The molecular weight excluding hydrogens is 418 g/mol. The number of nitrogens with zero attached hydrogens (tertiary/aromatic N) is 1. The number of hydrogen-bond donors (Lipinski definition) is 2. The molecule has 0 saturated heterocycles. The topological polar surface area (TPSA) is 87.7 Å². The van der Waals surface area contributed by atoms with Gasteiger partial charge in [0.25, 0.3) is 11.8 Å². The second kappa shape index (κ2) is 9.76. The standard InChI is InChI=1S/C23H24ClN3O4/c1-14(2)31-13-12-27-22(29)20(16-4-6-17(24)7-5-16)21(23(27)30)26-19-10-8-18(9-11-19)25-15(3)28/h4-11,14,26H,12-13H2,1-3H3,(H,25,28). The van der Waals surface area contributed by atoms with Gasteiger partial charge in [0.2, 0.25) is 5.91 Å². The molecule has 0 atom stereocenters. The van der Waals surface area contributed by atoms with E-state index in [4.69, 9.17) is 16.3 Å². The summed E-state index contributed by atoms with van der Waals surface area (Å²) in [6.45, 7) is 5.61.